The molecule has 0 amide bonds. The minimum absolute atomic E-state index is 0.0325. The number of hydrogen-bond donors (Lipinski definition) is 2. The number of nitrogens with one attached hydrogen (secondary N) is 2. The molecule has 7 heteroatoms. The first-order chi connectivity index (χ1) is 14.0. The third-order valence-electron chi connectivity index (χ3n) is 5.36. The van der Waals surface area contributed by atoms with Gasteiger partial charge in [0.15, 0.2) is 5.96 Å². The van der Waals surface area contributed by atoms with Crippen molar-refractivity contribution in [2.45, 2.75) is 24.8 Å². The van der Waals surface area contributed by atoms with Gasteiger partial charge in [0.05, 0.1) is 33.4 Å². The van der Waals surface area contributed by atoms with Crippen molar-refractivity contribution in [2.75, 3.05) is 34.9 Å². The van der Waals surface area contributed by atoms with E-state index in [0.717, 1.165) is 24.0 Å². The molecule has 0 saturated heterocycles. The highest BCUT2D eigenvalue weighted by Gasteiger charge is 2.44. The molecule has 1 aliphatic carbocycles. The first-order valence-corrected chi connectivity index (χ1v) is 9.54. The smallest absolute Gasteiger partial charge is 0.191 e. The maximum Gasteiger partial charge on any atom is 0.191 e. The van der Waals surface area contributed by atoms with Crippen LogP contribution in [0.5, 0.6) is 17.2 Å². The number of rotatable bonds is 8. The summed E-state index contributed by atoms with van der Waals surface area (Å²) in [5, 5.41) is 6.67. The maximum atomic E-state index is 13.6. The fourth-order valence-corrected chi connectivity index (χ4v) is 3.43. The van der Waals surface area contributed by atoms with Crippen LogP contribution in [0.3, 0.4) is 0 Å². The van der Waals surface area contributed by atoms with Crippen LogP contribution in [-0.4, -0.2) is 40.9 Å². The molecule has 0 radical (unpaired) electrons. The minimum atomic E-state index is -0.199. The largest absolute Gasteiger partial charge is 0.496 e. The average Bonchev–Trinajstić information content (AvgIpc) is 3.54. The molecule has 0 spiro atoms. The minimum Gasteiger partial charge on any atom is -0.496 e. The Kier molecular flexibility index (Phi) is 6.46. The summed E-state index contributed by atoms with van der Waals surface area (Å²) in [6, 6.07) is 10.5. The maximum absolute atomic E-state index is 13.6. The van der Waals surface area contributed by atoms with Crippen LogP contribution in [0.4, 0.5) is 4.39 Å². The van der Waals surface area contributed by atoms with Crippen molar-refractivity contribution in [1.29, 1.82) is 0 Å². The summed E-state index contributed by atoms with van der Waals surface area (Å²) in [5.74, 6) is 2.46. The topological polar surface area (TPSA) is 64.1 Å². The molecule has 0 unspecified atom stereocenters. The summed E-state index contributed by atoms with van der Waals surface area (Å²) in [7, 11) is 6.55. The SMILES string of the molecule is CN=C(NCc1c(OC)cc(OC)cc1OC)NCC1(c2cccc(F)c2)CC1. The molecule has 6 nitrogen and oxygen atoms in total. The van der Waals surface area contributed by atoms with E-state index in [2.05, 4.69) is 15.6 Å². The highest BCUT2D eigenvalue weighted by molar-refractivity contribution is 5.80. The Balaban J connectivity index is 1.66. The Morgan fingerprint density at radius 2 is 1.72 bits per heavy atom. The van der Waals surface area contributed by atoms with E-state index in [0.29, 0.717) is 36.3 Å². The summed E-state index contributed by atoms with van der Waals surface area (Å²) >= 11 is 0. The van der Waals surface area contributed by atoms with E-state index in [9.17, 15) is 4.39 Å². The molecule has 156 valence electrons. The molecule has 1 aliphatic rings. The number of aliphatic imine (C=N–C) groups is 1. The molecular weight excluding hydrogens is 373 g/mol. The van der Waals surface area contributed by atoms with E-state index >= 15 is 0 Å². The van der Waals surface area contributed by atoms with Crippen LogP contribution in [0.1, 0.15) is 24.0 Å². The van der Waals surface area contributed by atoms with Gasteiger partial charge in [0.2, 0.25) is 0 Å². The number of methoxy groups -OCH3 is 3. The molecule has 2 aromatic carbocycles. The van der Waals surface area contributed by atoms with Crippen LogP contribution in [0, 0.1) is 5.82 Å². The van der Waals surface area contributed by atoms with Crippen molar-refractivity contribution >= 4 is 5.96 Å². The Morgan fingerprint density at radius 3 is 2.24 bits per heavy atom. The fraction of sp³-hybridized carbons (Fsp3) is 0.409. The first kappa shape index (κ1) is 20.8. The van der Waals surface area contributed by atoms with Gasteiger partial charge in [-0.2, -0.15) is 0 Å². The highest BCUT2D eigenvalue weighted by atomic mass is 19.1. The van der Waals surface area contributed by atoms with Crippen molar-refractivity contribution < 1.29 is 18.6 Å². The second-order valence-corrected chi connectivity index (χ2v) is 7.08. The highest BCUT2D eigenvalue weighted by Crippen LogP contribution is 2.47. The lowest BCUT2D eigenvalue weighted by Gasteiger charge is -2.20. The van der Waals surface area contributed by atoms with Crippen LogP contribution in [0.15, 0.2) is 41.4 Å². The number of nitrogens with zero attached hydrogens (tertiary/aromatic N) is 1. The lowest BCUT2D eigenvalue weighted by atomic mass is 9.96. The molecule has 29 heavy (non-hydrogen) atoms. The quantitative estimate of drug-likeness (QED) is 0.525. The number of hydrogen-bond acceptors (Lipinski definition) is 4. The molecule has 0 aromatic heterocycles. The van der Waals surface area contributed by atoms with E-state index in [4.69, 9.17) is 14.2 Å². The third kappa shape index (κ3) is 4.72. The summed E-state index contributed by atoms with van der Waals surface area (Å²) in [4.78, 5) is 4.30. The van der Waals surface area contributed by atoms with Crippen LogP contribution >= 0.6 is 0 Å². The van der Waals surface area contributed by atoms with Gasteiger partial charge in [0, 0.05) is 31.1 Å². The second-order valence-electron chi connectivity index (χ2n) is 7.08. The number of benzene rings is 2. The van der Waals surface area contributed by atoms with Gasteiger partial charge >= 0.3 is 0 Å². The van der Waals surface area contributed by atoms with E-state index in [1.54, 1.807) is 40.5 Å². The lowest BCUT2D eigenvalue weighted by Crippen LogP contribution is -2.41. The number of ether oxygens (including phenoxy) is 3. The summed E-state index contributed by atoms with van der Waals surface area (Å²) in [6.07, 6.45) is 2.06. The number of halogens is 1. The zero-order valence-corrected chi connectivity index (χ0v) is 17.3. The molecule has 0 atom stereocenters. The second kappa shape index (κ2) is 9.03. The zero-order chi connectivity index (χ0) is 20.9. The van der Waals surface area contributed by atoms with Crippen molar-refractivity contribution in [3.05, 3.63) is 53.3 Å². The van der Waals surface area contributed by atoms with Gasteiger partial charge in [-0.15, -0.1) is 0 Å². The van der Waals surface area contributed by atoms with E-state index in [-0.39, 0.29) is 11.2 Å². The average molecular weight is 401 g/mol. The van der Waals surface area contributed by atoms with Gasteiger partial charge in [0.1, 0.15) is 23.1 Å². The van der Waals surface area contributed by atoms with Crippen LogP contribution in [-0.2, 0) is 12.0 Å². The normalized spacial score (nSPS) is 14.9. The van der Waals surface area contributed by atoms with Gasteiger partial charge in [-0.1, -0.05) is 12.1 Å². The molecule has 2 aromatic rings. The summed E-state index contributed by atoms with van der Waals surface area (Å²) < 4.78 is 29.9. The van der Waals surface area contributed by atoms with Crippen molar-refractivity contribution in [2.24, 2.45) is 4.99 Å². The third-order valence-corrected chi connectivity index (χ3v) is 5.36. The van der Waals surface area contributed by atoms with Gasteiger partial charge in [-0.3, -0.25) is 4.99 Å². The molecule has 0 bridgehead atoms. The lowest BCUT2D eigenvalue weighted by molar-refractivity contribution is 0.368. The molecule has 2 N–H and O–H groups in total. The Hall–Kier alpha value is -2.96. The zero-order valence-electron chi connectivity index (χ0n) is 17.3. The van der Waals surface area contributed by atoms with Crippen molar-refractivity contribution in [3.63, 3.8) is 0 Å². The van der Waals surface area contributed by atoms with E-state index < -0.39 is 0 Å². The fourth-order valence-electron chi connectivity index (χ4n) is 3.43. The Morgan fingerprint density at radius 1 is 1.03 bits per heavy atom. The van der Waals surface area contributed by atoms with E-state index in [1.807, 2.05) is 18.2 Å². The van der Waals surface area contributed by atoms with E-state index in [1.165, 1.54) is 6.07 Å². The first-order valence-electron chi connectivity index (χ1n) is 9.54. The molecular formula is C22H28FN3O3. The predicted molar refractivity (Wildman–Crippen MR) is 112 cm³/mol. The van der Waals surface area contributed by atoms with Crippen molar-refractivity contribution in [1.82, 2.24) is 10.6 Å². The van der Waals surface area contributed by atoms with Crippen LogP contribution in [0.25, 0.3) is 0 Å². The molecule has 3 rings (SSSR count). The van der Waals surface area contributed by atoms with Gasteiger partial charge in [-0.05, 0) is 30.5 Å². The van der Waals surface area contributed by atoms with Gasteiger partial charge < -0.3 is 24.8 Å². The van der Waals surface area contributed by atoms with Crippen LogP contribution in [0.2, 0.25) is 0 Å². The molecule has 0 heterocycles. The monoisotopic (exact) mass is 401 g/mol. The Bertz CT molecular complexity index is 856. The molecule has 1 fully saturated rings. The van der Waals surface area contributed by atoms with Crippen LogP contribution < -0.4 is 24.8 Å². The molecule has 0 aliphatic heterocycles. The van der Waals surface area contributed by atoms with Gasteiger partial charge in [0.25, 0.3) is 0 Å². The summed E-state index contributed by atoms with van der Waals surface area (Å²) in [5.41, 5.74) is 1.86. The standard InChI is InChI=1S/C22H28FN3O3/c1-24-21(26-14-22(8-9-22)15-6-5-7-16(23)10-15)25-13-18-19(28-3)11-17(27-2)12-20(18)29-4/h5-7,10-12H,8-9,13-14H2,1-4H3,(H2,24,25,26). The number of guanidine groups is 1. The summed E-state index contributed by atoms with van der Waals surface area (Å²) in [6.45, 7) is 1.15. The predicted octanol–water partition coefficient (Wildman–Crippen LogP) is 3.25. The van der Waals surface area contributed by atoms with Gasteiger partial charge in [-0.25, -0.2) is 4.39 Å². The Labute approximate surface area is 171 Å². The molecule has 1 saturated carbocycles. The van der Waals surface area contributed by atoms with Crippen molar-refractivity contribution in [3.8, 4) is 17.2 Å².